The molecule has 0 saturated carbocycles. The lowest BCUT2D eigenvalue weighted by Gasteiger charge is -2.18. The molecule has 0 amide bonds. The maximum atomic E-state index is 13.6. The Morgan fingerprint density at radius 2 is 1.82 bits per heavy atom. The number of hydrogen-bond acceptors (Lipinski definition) is 3. The van der Waals surface area contributed by atoms with Crippen LogP contribution < -0.4 is 0 Å². The Kier molecular flexibility index (Phi) is 6.07. The maximum absolute atomic E-state index is 13.6. The quantitative estimate of drug-likeness (QED) is 0.590. The summed E-state index contributed by atoms with van der Waals surface area (Å²) in [6.45, 7) is -0.302. The van der Waals surface area contributed by atoms with E-state index in [4.69, 9.17) is 23.2 Å². The summed E-state index contributed by atoms with van der Waals surface area (Å²) in [5, 5.41) is 13.8. The standard InChI is InChI=1S/C19H14Cl2F3N3O/c20-15-6-13(7-16(21)8-15)17(19(22,23)24)3-1-12-2-4-18(14(5-12)9-28)27-11-25-10-26-27/h1-8,10-11,17,28H,9H2. The molecule has 1 aromatic heterocycles. The first kappa shape index (κ1) is 20.4. The smallest absolute Gasteiger partial charge is 0.392 e. The Labute approximate surface area is 168 Å². The second-order valence-electron chi connectivity index (χ2n) is 5.97. The SMILES string of the molecule is OCc1cc(C=CC(c2cc(Cl)cc(Cl)c2)C(F)(F)F)ccc1-n1cncn1. The molecule has 2 aromatic carbocycles. The molecule has 1 unspecified atom stereocenters. The minimum absolute atomic E-state index is 0.0529. The molecule has 1 N–H and O–H groups in total. The number of halogens is 5. The Bertz CT molecular complexity index is 968. The van der Waals surface area contributed by atoms with Crippen LogP contribution in [-0.2, 0) is 6.61 Å². The summed E-state index contributed by atoms with van der Waals surface area (Å²) in [6, 6.07) is 8.72. The summed E-state index contributed by atoms with van der Waals surface area (Å²) in [4.78, 5) is 3.84. The average Bonchev–Trinajstić information content (AvgIpc) is 3.14. The van der Waals surface area contributed by atoms with E-state index in [9.17, 15) is 18.3 Å². The Morgan fingerprint density at radius 3 is 2.39 bits per heavy atom. The fourth-order valence-corrected chi connectivity index (χ4v) is 3.31. The van der Waals surface area contributed by atoms with Gasteiger partial charge in [-0.25, -0.2) is 9.67 Å². The molecule has 1 atom stereocenters. The van der Waals surface area contributed by atoms with E-state index in [1.165, 1.54) is 41.6 Å². The molecule has 3 aromatic rings. The van der Waals surface area contributed by atoms with E-state index < -0.39 is 12.1 Å². The van der Waals surface area contributed by atoms with Crippen LogP contribution >= 0.6 is 23.2 Å². The van der Waals surface area contributed by atoms with Crippen molar-refractivity contribution in [2.24, 2.45) is 0 Å². The minimum Gasteiger partial charge on any atom is -0.392 e. The highest BCUT2D eigenvalue weighted by atomic mass is 35.5. The van der Waals surface area contributed by atoms with Crippen molar-refractivity contribution in [1.29, 1.82) is 0 Å². The molecule has 1 heterocycles. The highest BCUT2D eigenvalue weighted by Gasteiger charge is 2.39. The van der Waals surface area contributed by atoms with Crippen LogP contribution in [0.4, 0.5) is 13.2 Å². The van der Waals surface area contributed by atoms with Crippen LogP contribution in [0.25, 0.3) is 11.8 Å². The molecule has 0 fully saturated rings. The van der Waals surface area contributed by atoms with Gasteiger partial charge in [-0.15, -0.1) is 0 Å². The number of hydrogen-bond donors (Lipinski definition) is 1. The lowest BCUT2D eigenvalue weighted by molar-refractivity contribution is -0.139. The zero-order chi connectivity index (χ0) is 20.3. The molecule has 0 aliphatic rings. The summed E-state index contributed by atoms with van der Waals surface area (Å²) in [5.74, 6) is -1.88. The van der Waals surface area contributed by atoms with Crippen LogP contribution in [-0.4, -0.2) is 26.0 Å². The van der Waals surface area contributed by atoms with Crippen LogP contribution in [0.5, 0.6) is 0 Å². The Balaban J connectivity index is 1.95. The van der Waals surface area contributed by atoms with Gasteiger partial charge in [0.25, 0.3) is 0 Å². The van der Waals surface area contributed by atoms with Crippen molar-refractivity contribution in [3.63, 3.8) is 0 Å². The van der Waals surface area contributed by atoms with Gasteiger partial charge in [0.2, 0.25) is 0 Å². The predicted molar refractivity (Wildman–Crippen MR) is 102 cm³/mol. The van der Waals surface area contributed by atoms with Crippen molar-refractivity contribution in [1.82, 2.24) is 14.8 Å². The Hall–Kier alpha value is -2.35. The number of alkyl halides is 3. The van der Waals surface area contributed by atoms with E-state index in [0.717, 1.165) is 6.08 Å². The van der Waals surface area contributed by atoms with Crippen LogP contribution in [0.2, 0.25) is 10.0 Å². The predicted octanol–water partition coefficient (Wildman–Crippen LogP) is 5.43. The summed E-state index contributed by atoms with van der Waals surface area (Å²) < 4.78 is 42.2. The third-order valence-electron chi connectivity index (χ3n) is 4.02. The topological polar surface area (TPSA) is 50.9 Å². The fourth-order valence-electron chi connectivity index (χ4n) is 2.76. The molecule has 28 heavy (non-hydrogen) atoms. The van der Waals surface area contributed by atoms with Gasteiger partial charge in [0.05, 0.1) is 18.2 Å². The van der Waals surface area contributed by atoms with Gasteiger partial charge in [0, 0.05) is 15.6 Å². The highest BCUT2D eigenvalue weighted by Crippen LogP contribution is 2.38. The zero-order valence-electron chi connectivity index (χ0n) is 14.2. The first-order valence-electron chi connectivity index (χ1n) is 8.07. The molecule has 0 aliphatic heterocycles. The van der Waals surface area contributed by atoms with E-state index in [0.29, 0.717) is 16.8 Å². The lowest BCUT2D eigenvalue weighted by atomic mass is 9.96. The van der Waals surface area contributed by atoms with Crippen molar-refractivity contribution >= 4 is 29.3 Å². The monoisotopic (exact) mass is 427 g/mol. The van der Waals surface area contributed by atoms with Gasteiger partial charge in [-0.05, 0) is 41.5 Å². The third-order valence-corrected chi connectivity index (χ3v) is 4.45. The minimum atomic E-state index is -4.52. The fraction of sp³-hybridized carbons (Fsp3) is 0.158. The second-order valence-corrected chi connectivity index (χ2v) is 6.84. The average molecular weight is 428 g/mol. The summed E-state index contributed by atoms with van der Waals surface area (Å²) >= 11 is 11.7. The molecule has 3 rings (SSSR count). The number of allylic oxidation sites excluding steroid dienone is 1. The number of nitrogens with zero attached hydrogens (tertiary/aromatic N) is 3. The number of aromatic nitrogens is 3. The normalized spacial score (nSPS) is 13.2. The summed E-state index contributed by atoms with van der Waals surface area (Å²) in [6.07, 6.45) is 0.668. The van der Waals surface area contributed by atoms with Crippen molar-refractivity contribution in [2.45, 2.75) is 18.7 Å². The van der Waals surface area contributed by atoms with Crippen LogP contribution in [0, 0.1) is 0 Å². The molecule has 0 spiro atoms. The number of aliphatic hydroxyl groups is 1. The molecule has 0 radical (unpaired) electrons. The zero-order valence-corrected chi connectivity index (χ0v) is 15.7. The van der Waals surface area contributed by atoms with E-state index >= 15 is 0 Å². The molecule has 0 bridgehead atoms. The number of aliphatic hydroxyl groups excluding tert-OH is 1. The third kappa shape index (κ3) is 4.73. The lowest BCUT2D eigenvalue weighted by Crippen LogP contribution is -2.18. The van der Waals surface area contributed by atoms with Crippen molar-refractivity contribution in [2.75, 3.05) is 0 Å². The van der Waals surface area contributed by atoms with Crippen molar-refractivity contribution in [3.05, 3.63) is 81.9 Å². The van der Waals surface area contributed by atoms with E-state index in [1.54, 1.807) is 18.2 Å². The Morgan fingerprint density at radius 1 is 1.11 bits per heavy atom. The van der Waals surface area contributed by atoms with Crippen LogP contribution in [0.3, 0.4) is 0 Å². The van der Waals surface area contributed by atoms with Gasteiger partial charge in [-0.3, -0.25) is 0 Å². The van der Waals surface area contributed by atoms with Gasteiger partial charge in [0.15, 0.2) is 0 Å². The maximum Gasteiger partial charge on any atom is 0.399 e. The van der Waals surface area contributed by atoms with Gasteiger partial charge >= 0.3 is 6.18 Å². The summed E-state index contributed by atoms with van der Waals surface area (Å²) in [7, 11) is 0. The number of benzene rings is 2. The van der Waals surface area contributed by atoms with Crippen LogP contribution in [0.15, 0.2) is 55.1 Å². The van der Waals surface area contributed by atoms with E-state index in [2.05, 4.69) is 10.1 Å². The first-order chi connectivity index (χ1) is 13.3. The highest BCUT2D eigenvalue weighted by molar-refractivity contribution is 6.34. The molecular weight excluding hydrogens is 414 g/mol. The molecule has 9 heteroatoms. The molecule has 146 valence electrons. The summed E-state index contributed by atoms with van der Waals surface area (Å²) in [5.41, 5.74) is 1.53. The molecular formula is C19H14Cl2F3N3O. The van der Waals surface area contributed by atoms with Gasteiger partial charge in [-0.2, -0.15) is 18.3 Å². The van der Waals surface area contributed by atoms with Crippen molar-refractivity contribution in [3.8, 4) is 5.69 Å². The van der Waals surface area contributed by atoms with Gasteiger partial charge in [0.1, 0.15) is 12.7 Å². The molecule has 4 nitrogen and oxygen atoms in total. The van der Waals surface area contributed by atoms with Crippen LogP contribution in [0.1, 0.15) is 22.6 Å². The first-order valence-corrected chi connectivity index (χ1v) is 8.83. The molecule has 0 aliphatic carbocycles. The number of rotatable bonds is 5. The van der Waals surface area contributed by atoms with Gasteiger partial charge in [-0.1, -0.05) is 41.4 Å². The van der Waals surface area contributed by atoms with Crippen molar-refractivity contribution < 1.29 is 18.3 Å². The van der Waals surface area contributed by atoms with Gasteiger partial charge < -0.3 is 5.11 Å². The van der Waals surface area contributed by atoms with E-state index in [1.807, 2.05) is 0 Å². The molecule has 0 saturated heterocycles. The van der Waals surface area contributed by atoms with E-state index in [-0.39, 0.29) is 22.2 Å². The largest absolute Gasteiger partial charge is 0.399 e. The second kappa shape index (κ2) is 8.34.